The van der Waals surface area contributed by atoms with Crippen molar-refractivity contribution in [2.45, 2.75) is 6.92 Å². The lowest BCUT2D eigenvalue weighted by Gasteiger charge is -2.05. The highest BCUT2D eigenvalue weighted by atomic mass is 16.5. The number of rotatable bonds is 6. The predicted molar refractivity (Wildman–Crippen MR) is 63.6 cm³/mol. The van der Waals surface area contributed by atoms with Gasteiger partial charge in [0.05, 0.1) is 19.7 Å². The first-order valence-electron chi connectivity index (χ1n) is 5.18. The summed E-state index contributed by atoms with van der Waals surface area (Å²) in [5, 5.41) is 2.86. The first-order valence-corrected chi connectivity index (χ1v) is 5.18. The van der Waals surface area contributed by atoms with Gasteiger partial charge in [0.25, 0.3) is 0 Å². The van der Waals surface area contributed by atoms with E-state index >= 15 is 0 Å². The Morgan fingerprint density at radius 3 is 3.06 bits per heavy atom. The molecule has 0 fully saturated rings. The summed E-state index contributed by atoms with van der Waals surface area (Å²) in [4.78, 5) is 11.7. The third-order valence-corrected chi connectivity index (χ3v) is 1.98. The molecule has 1 aromatic carbocycles. The summed E-state index contributed by atoms with van der Waals surface area (Å²) in [6, 6.07) is 7.14. The Kier molecular flexibility index (Phi) is 5.10. The Hall–Kier alpha value is -1.79. The van der Waals surface area contributed by atoms with E-state index in [4.69, 9.17) is 11.2 Å². The monoisotopic (exact) mass is 217 g/mol. The van der Waals surface area contributed by atoms with E-state index in [9.17, 15) is 4.79 Å². The van der Waals surface area contributed by atoms with Crippen molar-refractivity contribution in [2.75, 3.05) is 19.7 Å². The number of terminal acetylenes is 1. The maximum Gasteiger partial charge on any atom is 0.176 e. The molecule has 1 N–H and O–H groups in total. The van der Waals surface area contributed by atoms with Gasteiger partial charge in [-0.15, -0.1) is 6.42 Å². The van der Waals surface area contributed by atoms with E-state index in [1.807, 2.05) is 13.0 Å². The molecule has 0 aromatic heterocycles. The van der Waals surface area contributed by atoms with Crippen molar-refractivity contribution in [1.29, 1.82) is 0 Å². The van der Waals surface area contributed by atoms with Crippen molar-refractivity contribution in [3.05, 3.63) is 29.8 Å². The highest BCUT2D eigenvalue weighted by molar-refractivity contribution is 5.97. The van der Waals surface area contributed by atoms with Crippen LogP contribution >= 0.6 is 0 Å². The van der Waals surface area contributed by atoms with Crippen LogP contribution in [-0.2, 0) is 0 Å². The van der Waals surface area contributed by atoms with Crippen molar-refractivity contribution in [3.8, 4) is 18.1 Å². The van der Waals surface area contributed by atoms with Crippen molar-refractivity contribution in [3.63, 3.8) is 0 Å². The summed E-state index contributed by atoms with van der Waals surface area (Å²) in [5.74, 6) is 3.14. The minimum Gasteiger partial charge on any atom is -0.494 e. The van der Waals surface area contributed by atoms with Gasteiger partial charge < -0.3 is 4.74 Å². The summed E-state index contributed by atoms with van der Waals surface area (Å²) < 4.78 is 5.32. The molecule has 0 atom stereocenters. The fraction of sp³-hybridized carbons (Fsp3) is 0.308. The highest BCUT2D eigenvalue weighted by Crippen LogP contribution is 2.13. The van der Waals surface area contributed by atoms with Crippen LogP contribution in [0.5, 0.6) is 5.75 Å². The topological polar surface area (TPSA) is 38.3 Å². The Morgan fingerprint density at radius 1 is 1.56 bits per heavy atom. The molecule has 0 aliphatic heterocycles. The van der Waals surface area contributed by atoms with E-state index in [1.165, 1.54) is 0 Å². The van der Waals surface area contributed by atoms with Crippen molar-refractivity contribution in [2.24, 2.45) is 0 Å². The molecule has 0 bridgehead atoms. The normalized spacial score (nSPS) is 9.50. The molecule has 1 aromatic rings. The van der Waals surface area contributed by atoms with Gasteiger partial charge >= 0.3 is 0 Å². The third-order valence-electron chi connectivity index (χ3n) is 1.98. The van der Waals surface area contributed by atoms with Gasteiger partial charge in [-0.25, -0.2) is 0 Å². The lowest BCUT2D eigenvalue weighted by molar-refractivity contribution is 0.0992. The second-order valence-corrected chi connectivity index (χ2v) is 3.19. The summed E-state index contributed by atoms with van der Waals surface area (Å²) in [7, 11) is 0. The van der Waals surface area contributed by atoms with E-state index in [-0.39, 0.29) is 12.3 Å². The maximum absolute atomic E-state index is 11.7. The molecule has 1 rings (SSSR count). The van der Waals surface area contributed by atoms with Gasteiger partial charge in [0.2, 0.25) is 0 Å². The maximum atomic E-state index is 11.7. The van der Waals surface area contributed by atoms with Crippen LogP contribution in [0.3, 0.4) is 0 Å². The number of ketones is 1. The summed E-state index contributed by atoms with van der Waals surface area (Å²) in [5.41, 5.74) is 0.635. The number of Topliss-reactive ketones (excluding diaryl/α,β-unsaturated/α-hetero) is 1. The largest absolute Gasteiger partial charge is 0.494 e. The number of nitrogens with one attached hydrogen (secondary N) is 1. The predicted octanol–water partition coefficient (Wildman–Crippen LogP) is 1.49. The zero-order valence-electron chi connectivity index (χ0n) is 9.32. The van der Waals surface area contributed by atoms with Crippen LogP contribution in [0.1, 0.15) is 17.3 Å². The van der Waals surface area contributed by atoms with Crippen molar-refractivity contribution >= 4 is 5.78 Å². The molecule has 16 heavy (non-hydrogen) atoms. The van der Waals surface area contributed by atoms with Crippen LogP contribution < -0.4 is 10.1 Å². The van der Waals surface area contributed by atoms with Crippen LogP contribution in [0, 0.1) is 12.3 Å². The average Bonchev–Trinajstić information content (AvgIpc) is 2.30. The molecule has 84 valence electrons. The third kappa shape index (κ3) is 3.76. The first-order chi connectivity index (χ1) is 7.77. The van der Waals surface area contributed by atoms with Crippen LogP contribution in [0.2, 0.25) is 0 Å². The zero-order valence-corrected chi connectivity index (χ0v) is 9.32. The number of benzene rings is 1. The number of ether oxygens (including phenoxy) is 1. The molecule has 0 unspecified atom stereocenters. The first kappa shape index (κ1) is 12.3. The van der Waals surface area contributed by atoms with Gasteiger partial charge in [-0.05, 0) is 19.1 Å². The van der Waals surface area contributed by atoms with Crippen LogP contribution in [0.15, 0.2) is 24.3 Å². The Labute approximate surface area is 95.8 Å². The Balaban J connectivity index is 2.61. The van der Waals surface area contributed by atoms with Gasteiger partial charge in [0, 0.05) is 5.56 Å². The second-order valence-electron chi connectivity index (χ2n) is 3.19. The lowest BCUT2D eigenvalue weighted by Crippen LogP contribution is -2.23. The molecule has 0 aliphatic rings. The molecule has 0 saturated heterocycles. The number of hydrogen-bond donors (Lipinski definition) is 1. The van der Waals surface area contributed by atoms with Crippen LogP contribution in [0.25, 0.3) is 0 Å². The van der Waals surface area contributed by atoms with Gasteiger partial charge in [0.1, 0.15) is 5.75 Å². The van der Waals surface area contributed by atoms with Crippen molar-refractivity contribution < 1.29 is 9.53 Å². The fourth-order valence-electron chi connectivity index (χ4n) is 1.28. The summed E-state index contributed by atoms with van der Waals surface area (Å²) >= 11 is 0. The molecule has 0 amide bonds. The molecule has 0 aliphatic carbocycles. The quantitative estimate of drug-likeness (QED) is 0.446. The Bertz CT molecular complexity index is 393. The number of hydrogen-bond acceptors (Lipinski definition) is 3. The average molecular weight is 217 g/mol. The second kappa shape index (κ2) is 6.65. The molecular formula is C13H15NO2. The molecule has 3 nitrogen and oxygen atoms in total. The van der Waals surface area contributed by atoms with E-state index in [1.54, 1.807) is 18.2 Å². The molecule has 0 spiro atoms. The minimum absolute atomic E-state index is 0.0109. The smallest absolute Gasteiger partial charge is 0.176 e. The van der Waals surface area contributed by atoms with Gasteiger partial charge in [-0.1, -0.05) is 18.1 Å². The van der Waals surface area contributed by atoms with E-state index in [2.05, 4.69) is 11.2 Å². The molecule has 3 heteroatoms. The molecule has 0 saturated carbocycles. The van der Waals surface area contributed by atoms with Gasteiger partial charge in [-0.3, -0.25) is 10.1 Å². The fourth-order valence-corrected chi connectivity index (χ4v) is 1.28. The molecular weight excluding hydrogens is 202 g/mol. The van der Waals surface area contributed by atoms with Crippen LogP contribution in [-0.4, -0.2) is 25.5 Å². The molecule has 0 radical (unpaired) electrons. The number of carbonyl (C=O) groups excluding carboxylic acids is 1. The summed E-state index contributed by atoms with van der Waals surface area (Å²) in [6.07, 6.45) is 5.07. The zero-order chi connectivity index (χ0) is 11.8. The minimum atomic E-state index is 0.0109. The van der Waals surface area contributed by atoms with Crippen LogP contribution in [0.4, 0.5) is 0 Å². The van der Waals surface area contributed by atoms with Crippen molar-refractivity contribution in [1.82, 2.24) is 5.32 Å². The van der Waals surface area contributed by atoms with E-state index in [0.29, 0.717) is 24.5 Å². The standard InChI is InChI=1S/C13H15NO2/c1-3-8-14-10-13(15)11-6-5-7-12(9-11)16-4-2/h1,5-7,9,14H,4,8,10H2,2H3. The van der Waals surface area contributed by atoms with Gasteiger partial charge in [0.15, 0.2) is 5.78 Å². The van der Waals surface area contributed by atoms with E-state index in [0.717, 1.165) is 0 Å². The van der Waals surface area contributed by atoms with E-state index < -0.39 is 0 Å². The molecule has 0 heterocycles. The lowest BCUT2D eigenvalue weighted by atomic mass is 10.1. The number of carbonyl (C=O) groups is 1. The summed E-state index contributed by atoms with van der Waals surface area (Å²) in [6.45, 7) is 3.15. The Morgan fingerprint density at radius 2 is 2.38 bits per heavy atom. The highest BCUT2D eigenvalue weighted by Gasteiger charge is 2.05. The van der Waals surface area contributed by atoms with Gasteiger partial charge in [-0.2, -0.15) is 0 Å². The SMILES string of the molecule is C#CCNCC(=O)c1cccc(OCC)c1.